The summed E-state index contributed by atoms with van der Waals surface area (Å²) in [7, 11) is 0. The Balaban J connectivity index is 1.96. The number of alkyl halides is 3. The molecule has 0 saturated carbocycles. The van der Waals surface area contributed by atoms with Gasteiger partial charge in [-0.25, -0.2) is 0 Å². The van der Waals surface area contributed by atoms with Gasteiger partial charge in [-0.05, 0) is 24.5 Å². The first kappa shape index (κ1) is 19.6. The van der Waals surface area contributed by atoms with Crippen LogP contribution in [0.3, 0.4) is 0 Å². The molecule has 0 radical (unpaired) electrons. The van der Waals surface area contributed by atoms with Gasteiger partial charge in [-0.1, -0.05) is 17.8 Å². The monoisotopic (exact) mass is 411 g/mol. The van der Waals surface area contributed by atoms with Gasteiger partial charge in [0.25, 0.3) is 11.5 Å². The number of H-pyrrole nitrogens is 1. The highest BCUT2D eigenvalue weighted by molar-refractivity contribution is 7.98. The normalized spacial score (nSPS) is 13.5. The summed E-state index contributed by atoms with van der Waals surface area (Å²) in [6, 6.07) is 3.09. The van der Waals surface area contributed by atoms with E-state index in [1.54, 1.807) is 6.26 Å². The zero-order chi connectivity index (χ0) is 20.5. The maximum absolute atomic E-state index is 13.4. The summed E-state index contributed by atoms with van der Waals surface area (Å²) in [6.45, 7) is 0.187. The van der Waals surface area contributed by atoms with Crippen molar-refractivity contribution in [2.45, 2.75) is 11.3 Å². The van der Waals surface area contributed by atoms with Crippen LogP contribution in [-0.4, -0.2) is 33.8 Å². The second kappa shape index (κ2) is 7.46. The van der Waals surface area contributed by atoms with E-state index < -0.39 is 34.6 Å². The fraction of sp³-hybridized carbons (Fsp3) is 0.188. The lowest BCUT2D eigenvalue weighted by molar-refractivity contribution is -0.137. The molecule has 1 amide bonds. The van der Waals surface area contributed by atoms with Crippen LogP contribution in [0.1, 0.15) is 21.5 Å². The summed E-state index contributed by atoms with van der Waals surface area (Å²) in [5.41, 5.74) is -2.97. The lowest BCUT2D eigenvalue weighted by atomic mass is 10.0. The summed E-state index contributed by atoms with van der Waals surface area (Å²) in [6.07, 6.45) is -1.67. The molecule has 12 heteroatoms. The molecule has 2 aromatic rings. The Kier molecular flexibility index (Phi) is 5.23. The molecule has 0 unspecified atom stereocenters. The highest BCUT2D eigenvalue weighted by Gasteiger charge is 2.35. The lowest BCUT2D eigenvalue weighted by Crippen LogP contribution is -2.24. The molecule has 0 bridgehead atoms. The molecule has 0 aliphatic carbocycles. The summed E-state index contributed by atoms with van der Waals surface area (Å²) in [5, 5.41) is 19.4. The maximum atomic E-state index is 13.4. The Hall–Kier alpha value is -3.15. The van der Waals surface area contributed by atoms with Gasteiger partial charge < -0.3 is 15.4 Å². The summed E-state index contributed by atoms with van der Waals surface area (Å²) in [4.78, 5) is 30.2. The number of hydrogen-bond acceptors (Lipinski definition) is 7. The largest absolute Gasteiger partial charge is 0.493 e. The van der Waals surface area contributed by atoms with Crippen molar-refractivity contribution in [3.63, 3.8) is 0 Å². The van der Waals surface area contributed by atoms with Crippen LogP contribution in [0.15, 0.2) is 44.5 Å². The van der Waals surface area contributed by atoms with Gasteiger partial charge in [0.05, 0.1) is 17.8 Å². The van der Waals surface area contributed by atoms with E-state index in [9.17, 15) is 27.9 Å². The molecule has 3 rings (SSSR count). The van der Waals surface area contributed by atoms with Crippen LogP contribution in [-0.2, 0) is 6.18 Å². The number of azo groups is 1. The zero-order valence-corrected chi connectivity index (χ0v) is 15.0. The summed E-state index contributed by atoms with van der Waals surface area (Å²) < 4.78 is 40.3. The van der Waals surface area contributed by atoms with E-state index in [0.29, 0.717) is 0 Å². The Morgan fingerprint density at radius 3 is 2.68 bits per heavy atom. The number of thioether (sulfide) groups is 1. The van der Waals surface area contributed by atoms with Crippen LogP contribution >= 0.6 is 11.8 Å². The quantitative estimate of drug-likeness (QED) is 0.527. The van der Waals surface area contributed by atoms with Crippen molar-refractivity contribution < 1.29 is 23.1 Å². The first-order valence-corrected chi connectivity index (χ1v) is 8.91. The number of benzene rings is 1. The number of anilines is 1. The maximum Gasteiger partial charge on any atom is 0.417 e. The molecular formula is C16H12F3N5O3S. The number of aromatic hydroxyl groups is 1. The van der Waals surface area contributed by atoms with E-state index in [1.807, 2.05) is 0 Å². The first-order chi connectivity index (χ1) is 13.2. The van der Waals surface area contributed by atoms with Crippen molar-refractivity contribution in [3.8, 4) is 5.88 Å². The zero-order valence-electron chi connectivity index (χ0n) is 14.2. The molecule has 2 heterocycles. The standard InChI is InChI=1S/C16H12F3N5O3S/c1-28-15-22-13(26)11(14(27)23-15)12(25)21-7-2-3-8(10-4-5-20-24-10)9(6-7)16(17,18)19/h2-4,6H,5H2,1H3,(H,21,25)(H2,22,23,26,27). The number of rotatable bonds is 4. The van der Waals surface area contributed by atoms with Crippen molar-refractivity contribution in [3.05, 3.63) is 51.3 Å². The highest BCUT2D eigenvalue weighted by atomic mass is 32.2. The molecule has 0 fully saturated rings. The number of aromatic nitrogens is 2. The number of carbonyl (C=O) groups excluding carboxylic acids is 1. The van der Waals surface area contributed by atoms with Crippen LogP contribution in [0.5, 0.6) is 5.88 Å². The summed E-state index contributed by atoms with van der Waals surface area (Å²) >= 11 is 1.03. The molecule has 1 aliphatic rings. The number of amides is 1. The smallest absolute Gasteiger partial charge is 0.417 e. The van der Waals surface area contributed by atoms with E-state index in [-0.39, 0.29) is 28.6 Å². The van der Waals surface area contributed by atoms with E-state index in [0.717, 1.165) is 23.9 Å². The van der Waals surface area contributed by atoms with E-state index >= 15 is 0 Å². The first-order valence-electron chi connectivity index (χ1n) is 7.68. The number of carbonyl (C=O) groups is 1. The van der Waals surface area contributed by atoms with E-state index in [4.69, 9.17) is 0 Å². The molecule has 0 spiro atoms. The molecule has 1 aromatic carbocycles. The van der Waals surface area contributed by atoms with Crippen molar-refractivity contribution in [1.29, 1.82) is 0 Å². The molecule has 0 saturated heterocycles. The molecule has 146 valence electrons. The highest BCUT2D eigenvalue weighted by Crippen LogP contribution is 2.38. The minimum absolute atomic E-state index is 0.0798. The van der Waals surface area contributed by atoms with Gasteiger partial charge in [0, 0.05) is 11.3 Å². The van der Waals surface area contributed by atoms with Crippen LogP contribution in [0.2, 0.25) is 0 Å². The molecule has 1 aliphatic heterocycles. The molecule has 1 aromatic heterocycles. The number of nitrogens with zero attached hydrogens (tertiary/aromatic N) is 3. The third kappa shape index (κ3) is 3.91. The number of aromatic amines is 1. The van der Waals surface area contributed by atoms with Gasteiger partial charge in [0.2, 0.25) is 5.88 Å². The van der Waals surface area contributed by atoms with Gasteiger partial charge in [-0.3, -0.25) is 9.59 Å². The molecule has 28 heavy (non-hydrogen) atoms. The SMILES string of the molecule is CSc1nc(O)c(C(=O)Nc2ccc(C3=CCN=N3)c(C(F)(F)F)c2)c(=O)[nH]1. The van der Waals surface area contributed by atoms with Crippen LogP contribution in [0.4, 0.5) is 18.9 Å². The van der Waals surface area contributed by atoms with Crippen LogP contribution in [0.25, 0.3) is 5.70 Å². The van der Waals surface area contributed by atoms with Crippen molar-refractivity contribution in [1.82, 2.24) is 9.97 Å². The average molecular weight is 411 g/mol. The molecule has 0 atom stereocenters. The van der Waals surface area contributed by atoms with Crippen molar-refractivity contribution >= 4 is 29.1 Å². The number of halogens is 3. The summed E-state index contributed by atoms with van der Waals surface area (Å²) in [5.74, 6) is -1.92. The third-order valence-electron chi connectivity index (χ3n) is 3.70. The second-order valence-corrected chi connectivity index (χ2v) is 6.29. The predicted octanol–water partition coefficient (Wildman–Crippen LogP) is 3.28. The Morgan fingerprint density at radius 2 is 2.11 bits per heavy atom. The molecule has 3 N–H and O–H groups in total. The Morgan fingerprint density at radius 1 is 1.36 bits per heavy atom. The van der Waals surface area contributed by atoms with Crippen molar-refractivity contribution in [2.24, 2.45) is 10.2 Å². The third-order valence-corrected chi connectivity index (χ3v) is 4.28. The average Bonchev–Trinajstić information content (AvgIpc) is 3.14. The molecular weight excluding hydrogens is 399 g/mol. The Bertz CT molecular complexity index is 1060. The molecule has 8 nitrogen and oxygen atoms in total. The topological polar surface area (TPSA) is 120 Å². The minimum atomic E-state index is -4.71. The van der Waals surface area contributed by atoms with Crippen molar-refractivity contribution in [2.75, 3.05) is 18.1 Å². The lowest BCUT2D eigenvalue weighted by Gasteiger charge is -2.14. The Labute approximate surface area is 159 Å². The van der Waals surface area contributed by atoms with Gasteiger partial charge in [-0.15, -0.1) is 0 Å². The number of hydrogen-bond donors (Lipinski definition) is 3. The van der Waals surface area contributed by atoms with Crippen LogP contribution < -0.4 is 10.9 Å². The van der Waals surface area contributed by atoms with Gasteiger partial charge in [0.1, 0.15) is 0 Å². The van der Waals surface area contributed by atoms with Crippen LogP contribution in [0, 0.1) is 0 Å². The van der Waals surface area contributed by atoms with Gasteiger partial charge >= 0.3 is 6.18 Å². The van der Waals surface area contributed by atoms with Gasteiger partial charge in [-0.2, -0.15) is 28.4 Å². The number of nitrogens with one attached hydrogen (secondary N) is 2. The second-order valence-electron chi connectivity index (χ2n) is 5.50. The fourth-order valence-electron chi connectivity index (χ4n) is 2.46. The minimum Gasteiger partial charge on any atom is -0.493 e. The predicted molar refractivity (Wildman–Crippen MR) is 95.4 cm³/mol. The van der Waals surface area contributed by atoms with Gasteiger partial charge in [0.15, 0.2) is 10.7 Å². The van der Waals surface area contributed by atoms with E-state index in [2.05, 4.69) is 25.5 Å². The van der Waals surface area contributed by atoms with E-state index in [1.165, 1.54) is 12.1 Å². The fourth-order valence-corrected chi connectivity index (χ4v) is 2.84.